The van der Waals surface area contributed by atoms with E-state index in [1.165, 1.54) is 6.92 Å². The van der Waals surface area contributed by atoms with Crippen LogP contribution in [-0.2, 0) is 16.1 Å². The first-order valence-corrected chi connectivity index (χ1v) is 7.54. The molecule has 5 nitrogen and oxygen atoms in total. The van der Waals surface area contributed by atoms with E-state index in [0.29, 0.717) is 19.6 Å². The monoisotopic (exact) mass is 301 g/mol. The molecule has 1 aromatic carbocycles. The van der Waals surface area contributed by atoms with Crippen LogP contribution in [0.15, 0.2) is 43.0 Å². The highest BCUT2D eigenvalue weighted by Crippen LogP contribution is 2.11. The number of amides is 2. The fraction of sp³-hybridized carbons (Fsp3) is 0.412. The van der Waals surface area contributed by atoms with E-state index in [-0.39, 0.29) is 11.8 Å². The van der Waals surface area contributed by atoms with E-state index in [0.717, 1.165) is 18.7 Å². The minimum Gasteiger partial charge on any atom is -0.350 e. The zero-order valence-corrected chi connectivity index (χ0v) is 13.0. The van der Waals surface area contributed by atoms with Crippen LogP contribution in [0.25, 0.3) is 0 Å². The Morgan fingerprint density at radius 3 is 2.68 bits per heavy atom. The predicted octanol–water partition coefficient (Wildman–Crippen LogP) is 1.02. The molecule has 0 saturated carbocycles. The summed E-state index contributed by atoms with van der Waals surface area (Å²) in [5.41, 5.74) is 1.05. The Balaban J connectivity index is 1.99. The van der Waals surface area contributed by atoms with Gasteiger partial charge in [-0.1, -0.05) is 36.4 Å². The Kier molecular flexibility index (Phi) is 5.72. The number of benzene rings is 1. The number of carbonyl (C=O) groups excluding carboxylic acids is 2. The average molecular weight is 301 g/mol. The zero-order chi connectivity index (χ0) is 15.9. The van der Waals surface area contributed by atoms with E-state index in [1.807, 2.05) is 36.4 Å². The summed E-state index contributed by atoms with van der Waals surface area (Å²) in [5, 5.41) is 2.93. The molecule has 2 rings (SSSR count). The number of carbonyl (C=O) groups is 2. The van der Waals surface area contributed by atoms with Crippen LogP contribution in [-0.4, -0.2) is 53.8 Å². The van der Waals surface area contributed by atoms with Gasteiger partial charge in [0, 0.05) is 39.6 Å². The van der Waals surface area contributed by atoms with Crippen LogP contribution >= 0.6 is 0 Å². The number of hydrogen-bond acceptors (Lipinski definition) is 3. The number of nitrogens with zero attached hydrogens (tertiary/aromatic N) is 2. The molecule has 0 radical (unpaired) electrons. The van der Waals surface area contributed by atoms with Gasteiger partial charge in [0.2, 0.25) is 11.8 Å². The first-order valence-electron chi connectivity index (χ1n) is 7.54. The van der Waals surface area contributed by atoms with E-state index in [9.17, 15) is 9.59 Å². The molecule has 5 heteroatoms. The maximum absolute atomic E-state index is 12.5. The Morgan fingerprint density at radius 1 is 1.32 bits per heavy atom. The van der Waals surface area contributed by atoms with Crippen molar-refractivity contribution in [2.45, 2.75) is 19.5 Å². The van der Waals surface area contributed by atoms with Crippen LogP contribution in [0.4, 0.5) is 0 Å². The first-order chi connectivity index (χ1) is 10.6. The lowest BCUT2D eigenvalue weighted by molar-refractivity contribution is -0.142. The molecule has 0 spiro atoms. The van der Waals surface area contributed by atoms with Gasteiger partial charge >= 0.3 is 0 Å². The van der Waals surface area contributed by atoms with Crippen LogP contribution in [0.1, 0.15) is 12.5 Å². The highest BCUT2D eigenvalue weighted by Gasteiger charge is 2.33. The summed E-state index contributed by atoms with van der Waals surface area (Å²) in [7, 11) is 0. The minimum atomic E-state index is -0.435. The van der Waals surface area contributed by atoms with Crippen LogP contribution < -0.4 is 5.32 Å². The average Bonchev–Trinajstić information content (AvgIpc) is 2.53. The van der Waals surface area contributed by atoms with Crippen LogP contribution in [0.3, 0.4) is 0 Å². The maximum atomic E-state index is 12.5. The second-order valence-electron chi connectivity index (χ2n) is 5.48. The first kappa shape index (κ1) is 16.2. The molecule has 0 aromatic heterocycles. The number of hydrogen-bond donors (Lipinski definition) is 1. The smallest absolute Gasteiger partial charge is 0.244 e. The van der Waals surface area contributed by atoms with Crippen molar-refractivity contribution in [1.29, 1.82) is 0 Å². The Labute approximate surface area is 131 Å². The summed E-state index contributed by atoms with van der Waals surface area (Å²) in [5.74, 6) is -0.161. The van der Waals surface area contributed by atoms with E-state index >= 15 is 0 Å². The molecule has 1 N–H and O–H groups in total. The lowest BCUT2D eigenvalue weighted by atomic mass is 10.1. The normalized spacial score (nSPS) is 18.8. The lowest BCUT2D eigenvalue weighted by Crippen LogP contribution is -2.60. The van der Waals surface area contributed by atoms with Crippen molar-refractivity contribution >= 4 is 11.8 Å². The molecule has 1 aliphatic heterocycles. The topological polar surface area (TPSA) is 52.7 Å². The van der Waals surface area contributed by atoms with E-state index in [2.05, 4.69) is 16.8 Å². The van der Waals surface area contributed by atoms with Crippen molar-refractivity contribution < 1.29 is 9.59 Å². The molecular weight excluding hydrogens is 278 g/mol. The van der Waals surface area contributed by atoms with Gasteiger partial charge in [0.1, 0.15) is 6.04 Å². The van der Waals surface area contributed by atoms with Gasteiger partial charge in [-0.2, -0.15) is 0 Å². The largest absolute Gasteiger partial charge is 0.350 e. The van der Waals surface area contributed by atoms with Gasteiger partial charge < -0.3 is 10.2 Å². The SMILES string of the molecule is C=CCN1CCN(C(C)=O)C(C(=O)NCc2ccccc2)C1. The predicted molar refractivity (Wildman–Crippen MR) is 86.1 cm³/mol. The summed E-state index contributed by atoms with van der Waals surface area (Å²) in [6.45, 7) is 8.35. The van der Waals surface area contributed by atoms with Crippen molar-refractivity contribution in [3.05, 3.63) is 48.6 Å². The molecule has 1 fully saturated rings. The van der Waals surface area contributed by atoms with E-state index in [4.69, 9.17) is 0 Å². The number of rotatable bonds is 5. The number of piperazine rings is 1. The molecule has 1 atom stereocenters. The zero-order valence-electron chi connectivity index (χ0n) is 13.0. The Morgan fingerprint density at radius 2 is 2.05 bits per heavy atom. The summed E-state index contributed by atoms with van der Waals surface area (Å²) in [6, 6.07) is 9.32. The van der Waals surface area contributed by atoms with Gasteiger partial charge in [-0.3, -0.25) is 14.5 Å². The second-order valence-corrected chi connectivity index (χ2v) is 5.48. The molecule has 0 aliphatic carbocycles. The van der Waals surface area contributed by atoms with E-state index < -0.39 is 6.04 Å². The molecule has 22 heavy (non-hydrogen) atoms. The fourth-order valence-electron chi connectivity index (χ4n) is 2.69. The standard InChI is InChI=1S/C17H23N3O2/c1-3-9-19-10-11-20(14(2)21)16(13-19)17(22)18-12-15-7-5-4-6-8-15/h3-8,16H,1,9-13H2,2H3,(H,18,22). The third-order valence-electron chi connectivity index (χ3n) is 3.87. The van der Waals surface area contributed by atoms with Crippen molar-refractivity contribution in [3.63, 3.8) is 0 Å². The summed E-state index contributed by atoms with van der Waals surface area (Å²) in [6.07, 6.45) is 1.82. The van der Waals surface area contributed by atoms with Crippen LogP contribution in [0.2, 0.25) is 0 Å². The van der Waals surface area contributed by atoms with E-state index in [1.54, 1.807) is 4.90 Å². The lowest BCUT2D eigenvalue weighted by Gasteiger charge is -2.39. The third kappa shape index (κ3) is 4.18. The quantitative estimate of drug-likeness (QED) is 0.826. The third-order valence-corrected chi connectivity index (χ3v) is 3.87. The molecule has 1 saturated heterocycles. The maximum Gasteiger partial charge on any atom is 0.244 e. The van der Waals surface area contributed by atoms with Gasteiger partial charge in [0.05, 0.1) is 0 Å². The van der Waals surface area contributed by atoms with Crippen LogP contribution in [0.5, 0.6) is 0 Å². The van der Waals surface area contributed by atoms with Gasteiger partial charge in [0.15, 0.2) is 0 Å². The Hall–Kier alpha value is -2.14. The van der Waals surface area contributed by atoms with Crippen molar-refractivity contribution in [2.24, 2.45) is 0 Å². The number of nitrogens with one attached hydrogen (secondary N) is 1. The molecule has 1 heterocycles. The van der Waals surface area contributed by atoms with Crippen molar-refractivity contribution in [3.8, 4) is 0 Å². The molecule has 2 amide bonds. The van der Waals surface area contributed by atoms with Crippen molar-refractivity contribution in [1.82, 2.24) is 15.1 Å². The molecule has 1 aromatic rings. The van der Waals surface area contributed by atoms with Crippen LogP contribution in [0, 0.1) is 0 Å². The highest BCUT2D eigenvalue weighted by molar-refractivity contribution is 5.87. The molecule has 0 bridgehead atoms. The summed E-state index contributed by atoms with van der Waals surface area (Å²) in [4.78, 5) is 28.0. The van der Waals surface area contributed by atoms with Gasteiger partial charge in [-0.25, -0.2) is 0 Å². The van der Waals surface area contributed by atoms with Gasteiger partial charge in [-0.15, -0.1) is 6.58 Å². The fourth-order valence-corrected chi connectivity index (χ4v) is 2.69. The second kappa shape index (κ2) is 7.75. The minimum absolute atomic E-state index is 0.0573. The van der Waals surface area contributed by atoms with Gasteiger partial charge in [0.25, 0.3) is 0 Å². The highest BCUT2D eigenvalue weighted by atomic mass is 16.2. The van der Waals surface area contributed by atoms with Gasteiger partial charge in [-0.05, 0) is 5.56 Å². The summed E-state index contributed by atoms with van der Waals surface area (Å²) >= 11 is 0. The molecule has 1 unspecified atom stereocenters. The molecule has 118 valence electrons. The molecular formula is C17H23N3O2. The summed E-state index contributed by atoms with van der Waals surface area (Å²) < 4.78 is 0. The molecule has 1 aliphatic rings. The van der Waals surface area contributed by atoms with Crippen molar-refractivity contribution in [2.75, 3.05) is 26.2 Å². The Bertz CT molecular complexity index is 530.